The van der Waals surface area contributed by atoms with Crippen LogP contribution in [-0.2, 0) is 4.74 Å². The molecule has 4 nitrogen and oxygen atoms in total. The first-order chi connectivity index (χ1) is 9.11. The van der Waals surface area contributed by atoms with Gasteiger partial charge in [-0.2, -0.15) is 0 Å². The number of halogens is 2. The lowest BCUT2D eigenvalue weighted by Crippen LogP contribution is -2.36. The highest BCUT2D eigenvalue weighted by atomic mass is 127. The van der Waals surface area contributed by atoms with Gasteiger partial charge < -0.3 is 15.4 Å². The van der Waals surface area contributed by atoms with Crippen LogP contribution in [0.15, 0.2) is 29.3 Å². The van der Waals surface area contributed by atoms with E-state index in [-0.39, 0.29) is 30.1 Å². The quantitative estimate of drug-likeness (QED) is 0.462. The molecular weight excluding hydrogens is 389 g/mol. The summed E-state index contributed by atoms with van der Waals surface area (Å²) in [7, 11) is 3.65. The van der Waals surface area contributed by atoms with Crippen molar-refractivity contribution in [2.75, 3.05) is 20.7 Å². The van der Waals surface area contributed by atoms with Crippen LogP contribution in [0.25, 0.3) is 0 Å². The summed E-state index contributed by atoms with van der Waals surface area (Å²) < 4.78 is 5.46. The Bertz CT molecular complexity index is 465. The molecule has 1 unspecified atom stereocenters. The molecule has 0 bridgehead atoms. The molecule has 0 saturated heterocycles. The number of nitrogens with two attached hydrogens (primary N) is 1. The Morgan fingerprint density at radius 3 is 2.80 bits per heavy atom. The van der Waals surface area contributed by atoms with Crippen molar-refractivity contribution in [1.82, 2.24) is 4.90 Å². The molecule has 1 saturated carbocycles. The summed E-state index contributed by atoms with van der Waals surface area (Å²) in [6.07, 6.45) is 2.29. The fourth-order valence-corrected chi connectivity index (χ4v) is 2.16. The number of benzene rings is 1. The summed E-state index contributed by atoms with van der Waals surface area (Å²) in [6.45, 7) is 0.500. The van der Waals surface area contributed by atoms with E-state index >= 15 is 0 Å². The number of rotatable bonds is 5. The zero-order valence-corrected chi connectivity index (χ0v) is 14.8. The standard InChI is InChI=1S/C14H20ClN3O.HI/c1-18(12-6-7-12)14(16)17-9-13(19-2)10-4-3-5-11(15)8-10;/h3-5,8,12-13H,6-7,9H2,1-2H3,(H2,16,17);1H. The van der Waals surface area contributed by atoms with Gasteiger partial charge in [0, 0.05) is 25.2 Å². The topological polar surface area (TPSA) is 50.9 Å². The van der Waals surface area contributed by atoms with Crippen LogP contribution in [0, 0.1) is 0 Å². The van der Waals surface area contributed by atoms with Gasteiger partial charge in [0.1, 0.15) is 6.10 Å². The normalized spacial score (nSPS) is 16.4. The minimum absolute atomic E-state index is 0. The van der Waals surface area contributed by atoms with E-state index in [2.05, 4.69) is 4.99 Å². The Balaban J connectivity index is 0.00000200. The second kappa shape index (κ2) is 8.05. The van der Waals surface area contributed by atoms with Gasteiger partial charge in [0.05, 0.1) is 6.54 Å². The monoisotopic (exact) mass is 409 g/mol. The molecule has 1 fully saturated rings. The molecule has 20 heavy (non-hydrogen) atoms. The van der Waals surface area contributed by atoms with E-state index in [1.165, 1.54) is 12.8 Å². The number of ether oxygens (including phenoxy) is 1. The van der Waals surface area contributed by atoms with Crippen molar-refractivity contribution >= 4 is 41.5 Å². The molecule has 0 aromatic heterocycles. The lowest BCUT2D eigenvalue weighted by Gasteiger charge is -2.19. The van der Waals surface area contributed by atoms with Gasteiger partial charge in [-0.1, -0.05) is 23.7 Å². The number of methoxy groups -OCH3 is 1. The van der Waals surface area contributed by atoms with Crippen LogP contribution in [-0.4, -0.2) is 37.6 Å². The number of guanidine groups is 1. The van der Waals surface area contributed by atoms with Crippen LogP contribution in [0.5, 0.6) is 0 Å². The van der Waals surface area contributed by atoms with Crippen molar-refractivity contribution in [1.29, 1.82) is 0 Å². The number of hydrogen-bond acceptors (Lipinski definition) is 2. The smallest absolute Gasteiger partial charge is 0.191 e. The molecule has 6 heteroatoms. The summed E-state index contributed by atoms with van der Waals surface area (Å²) in [5, 5.41) is 0.701. The molecule has 0 spiro atoms. The minimum atomic E-state index is -0.121. The second-order valence-electron chi connectivity index (χ2n) is 4.82. The SMILES string of the molecule is COC(CN=C(N)N(C)C1CC1)c1cccc(Cl)c1.I. The van der Waals surface area contributed by atoms with E-state index < -0.39 is 0 Å². The number of hydrogen-bond donors (Lipinski definition) is 1. The average Bonchev–Trinajstić information content (AvgIpc) is 3.22. The highest BCUT2D eigenvalue weighted by Crippen LogP contribution is 2.25. The second-order valence-corrected chi connectivity index (χ2v) is 5.26. The van der Waals surface area contributed by atoms with E-state index in [1.807, 2.05) is 36.2 Å². The molecule has 112 valence electrons. The average molecular weight is 410 g/mol. The van der Waals surface area contributed by atoms with Crippen molar-refractivity contribution in [2.24, 2.45) is 10.7 Å². The third-order valence-corrected chi connectivity index (χ3v) is 3.62. The van der Waals surface area contributed by atoms with Gasteiger partial charge in [-0.25, -0.2) is 0 Å². The highest BCUT2D eigenvalue weighted by Gasteiger charge is 2.27. The molecule has 0 aliphatic heterocycles. The molecule has 2 N–H and O–H groups in total. The Kier molecular flexibility index (Phi) is 7.05. The van der Waals surface area contributed by atoms with Gasteiger partial charge in [0.2, 0.25) is 0 Å². The third-order valence-electron chi connectivity index (χ3n) is 3.38. The molecule has 0 radical (unpaired) electrons. The molecule has 1 aliphatic carbocycles. The highest BCUT2D eigenvalue weighted by molar-refractivity contribution is 14.0. The van der Waals surface area contributed by atoms with Crippen molar-refractivity contribution < 1.29 is 4.74 Å². The summed E-state index contributed by atoms with van der Waals surface area (Å²) in [5.74, 6) is 0.576. The molecule has 1 aliphatic rings. The lowest BCUT2D eigenvalue weighted by molar-refractivity contribution is 0.110. The predicted octanol–water partition coefficient (Wildman–Crippen LogP) is 3.05. The summed E-state index contributed by atoms with van der Waals surface area (Å²) >= 11 is 5.98. The largest absolute Gasteiger partial charge is 0.375 e. The maximum Gasteiger partial charge on any atom is 0.191 e. The van der Waals surface area contributed by atoms with Gasteiger partial charge in [0.15, 0.2) is 5.96 Å². The minimum Gasteiger partial charge on any atom is -0.375 e. The molecule has 1 aromatic rings. The van der Waals surface area contributed by atoms with E-state index in [0.29, 0.717) is 23.6 Å². The zero-order chi connectivity index (χ0) is 13.8. The Morgan fingerprint density at radius 1 is 1.55 bits per heavy atom. The predicted molar refractivity (Wildman–Crippen MR) is 93.9 cm³/mol. The van der Waals surface area contributed by atoms with Crippen LogP contribution < -0.4 is 5.73 Å². The van der Waals surface area contributed by atoms with Gasteiger partial charge >= 0.3 is 0 Å². The van der Waals surface area contributed by atoms with Crippen LogP contribution in [0.4, 0.5) is 0 Å². The maximum atomic E-state index is 5.98. The first-order valence-electron chi connectivity index (χ1n) is 6.43. The molecule has 1 atom stereocenters. The fraction of sp³-hybridized carbons (Fsp3) is 0.500. The first-order valence-corrected chi connectivity index (χ1v) is 6.80. The van der Waals surface area contributed by atoms with E-state index in [0.717, 1.165) is 5.56 Å². The Hall–Kier alpha value is -0.530. The summed E-state index contributed by atoms with van der Waals surface area (Å²) in [6, 6.07) is 8.20. The van der Waals surface area contributed by atoms with Crippen molar-refractivity contribution in [3.05, 3.63) is 34.9 Å². The van der Waals surface area contributed by atoms with Gasteiger partial charge in [-0.15, -0.1) is 24.0 Å². The zero-order valence-electron chi connectivity index (χ0n) is 11.8. The molecule has 1 aromatic carbocycles. The summed E-state index contributed by atoms with van der Waals surface area (Å²) in [5.41, 5.74) is 6.98. The van der Waals surface area contributed by atoms with E-state index in [1.54, 1.807) is 7.11 Å². The van der Waals surface area contributed by atoms with Gasteiger partial charge in [-0.05, 0) is 30.5 Å². The Labute approximate surface area is 142 Å². The maximum absolute atomic E-state index is 5.98. The van der Waals surface area contributed by atoms with Gasteiger partial charge in [-0.3, -0.25) is 4.99 Å². The van der Waals surface area contributed by atoms with E-state index in [4.69, 9.17) is 22.1 Å². The van der Waals surface area contributed by atoms with Crippen LogP contribution in [0.2, 0.25) is 5.02 Å². The third kappa shape index (κ3) is 4.79. The fourth-order valence-electron chi connectivity index (χ4n) is 1.96. The molecular formula is C14H21ClIN3O. The molecule has 0 heterocycles. The number of nitrogens with zero attached hydrogens (tertiary/aromatic N) is 2. The van der Waals surface area contributed by atoms with Crippen molar-refractivity contribution in [3.63, 3.8) is 0 Å². The van der Waals surface area contributed by atoms with Gasteiger partial charge in [0.25, 0.3) is 0 Å². The van der Waals surface area contributed by atoms with Crippen LogP contribution >= 0.6 is 35.6 Å². The summed E-state index contributed by atoms with van der Waals surface area (Å²) in [4.78, 5) is 6.45. The van der Waals surface area contributed by atoms with Crippen LogP contribution in [0.3, 0.4) is 0 Å². The Morgan fingerprint density at radius 2 is 2.25 bits per heavy atom. The first kappa shape index (κ1) is 17.5. The van der Waals surface area contributed by atoms with E-state index in [9.17, 15) is 0 Å². The lowest BCUT2D eigenvalue weighted by atomic mass is 10.1. The number of aliphatic imine (C=N–C) groups is 1. The van der Waals surface area contributed by atoms with Crippen molar-refractivity contribution in [2.45, 2.75) is 25.0 Å². The van der Waals surface area contributed by atoms with Crippen molar-refractivity contribution in [3.8, 4) is 0 Å². The molecule has 2 rings (SSSR count). The van der Waals surface area contributed by atoms with Crippen LogP contribution in [0.1, 0.15) is 24.5 Å². The molecule has 0 amide bonds.